The van der Waals surface area contributed by atoms with Gasteiger partial charge in [0.2, 0.25) is 0 Å². The van der Waals surface area contributed by atoms with Crippen molar-refractivity contribution in [3.8, 4) is 0 Å². The van der Waals surface area contributed by atoms with E-state index in [-0.39, 0.29) is 23.0 Å². The van der Waals surface area contributed by atoms with Gasteiger partial charge in [-0.3, -0.25) is 0 Å². The van der Waals surface area contributed by atoms with Gasteiger partial charge in [-0.05, 0) is 18.1 Å². The molecule has 0 atom stereocenters. The Morgan fingerprint density at radius 3 is 2.58 bits per heavy atom. The Labute approximate surface area is 118 Å². The molecular weight excluding hydrogens is 291 g/mol. The second-order valence-corrected chi connectivity index (χ2v) is 6.97. The van der Waals surface area contributed by atoms with E-state index in [0.29, 0.717) is 6.54 Å². The Bertz CT molecular complexity index is 514. The van der Waals surface area contributed by atoms with Crippen LogP contribution < -0.4 is 4.72 Å². The Morgan fingerprint density at radius 2 is 2.05 bits per heavy atom. The van der Waals surface area contributed by atoms with Crippen LogP contribution in [0, 0.1) is 11.7 Å². The molecule has 0 aromatic heterocycles. The molecule has 0 unspecified atom stereocenters. The number of hydrogen-bond donors (Lipinski definition) is 1. The fraction of sp³-hybridized carbons (Fsp3) is 0.500. The third-order valence-electron chi connectivity index (χ3n) is 2.53. The molecule has 4 nitrogen and oxygen atoms in total. The second kappa shape index (κ2) is 6.65. The minimum atomic E-state index is -3.63. The molecule has 1 rings (SSSR count). The van der Waals surface area contributed by atoms with Gasteiger partial charge in [0, 0.05) is 30.7 Å². The summed E-state index contributed by atoms with van der Waals surface area (Å²) in [5.74, 6) is -0.321. The molecule has 1 N–H and O–H groups in total. The van der Waals surface area contributed by atoms with Crippen molar-refractivity contribution in [1.82, 2.24) is 9.03 Å². The number of rotatable bonds is 6. The highest BCUT2D eigenvalue weighted by atomic mass is 35.5. The molecule has 0 aliphatic rings. The van der Waals surface area contributed by atoms with Crippen LogP contribution in [0.5, 0.6) is 0 Å². The van der Waals surface area contributed by atoms with Crippen molar-refractivity contribution < 1.29 is 12.8 Å². The van der Waals surface area contributed by atoms with E-state index in [1.165, 1.54) is 25.2 Å². The highest BCUT2D eigenvalue weighted by Gasteiger charge is 2.20. The monoisotopic (exact) mass is 308 g/mol. The fourth-order valence-electron chi connectivity index (χ4n) is 1.37. The van der Waals surface area contributed by atoms with E-state index < -0.39 is 16.0 Å². The first-order valence-corrected chi connectivity index (χ1v) is 7.69. The largest absolute Gasteiger partial charge is 0.279 e. The third-order valence-corrected chi connectivity index (χ3v) is 4.36. The molecule has 0 amide bonds. The zero-order valence-corrected chi connectivity index (χ0v) is 12.7. The van der Waals surface area contributed by atoms with E-state index in [9.17, 15) is 12.8 Å². The summed E-state index contributed by atoms with van der Waals surface area (Å²) in [5.41, 5.74) is 0.168. The summed E-state index contributed by atoms with van der Waals surface area (Å²) in [6, 6.07) is 4.26. The number of hydrogen-bond acceptors (Lipinski definition) is 2. The van der Waals surface area contributed by atoms with Gasteiger partial charge in [-0.2, -0.15) is 12.7 Å². The first-order chi connectivity index (χ1) is 8.74. The maximum atomic E-state index is 13.6. The van der Waals surface area contributed by atoms with Gasteiger partial charge in [0.1, 0.15) is 5.82 Å². The van der Waals surface area contributed by atoms with Crippen LogP contribution in [-0.2, 0) is 16.8 Å². The molecule has 0 aliphatic heterocycles. The maximum Gasteiger partial charge on any atom is 0.279 e. The molecule has 0 saturated heterocycles. The van der Waals surface area contributed by atoms with Gasteiger partial charge in [0.25, 0.3) is 10.2 Å². The quantitative estimate of drug-likeness (QED) is 0.877. The van der Waals surface area contributed by atoms with Crippen molar-refractivity contribution in [2.24, 2.45) is 5.92 Å². The smallest absolute Gasteiger partial charge is 0.207 e. The van der Waals surface area contributed by atoms with Crippen molar-refractivity contribution in [2.45, 2.75) is 20.4 Å². The summed E-state index contributed by atoms with van der Waals surface area (Å²) in [6.07, 6.45) is 0. The Balaban J connectivity index is 2.82. The summed E-state index contributed by atoms with van der Waals surface area (Å²) in [7, 11) is -2.25. The summed E-state index contributed by atoms with van der Waals surface area (Å²) in [5, 5.41) is 0.214. The number of nitrogens with one attached hydrogen (secondary N) is 1. The molecule has 19 heavy (non-hydrogen) atoms. The minimum absolute atomic E-state index is 0.112. The number of nitrogens with zero attached hydrogens (tertiary/aromatic N) is 1. The summed E-state index contributed by atoms with van der Waals surface area (Å²) in [6.45, 7) is 4.02. The highest BCUT2D eigenvalue weighted by Crippen LogP contribution is 2.21. The Hall–Kier alpha value is -0.690. The predicted molar refractivity (Wildman–Crippen MR) is 74.6 cm³/mol. The van der Waals surface area contributed by atoms with Crippen molar-refractivity contribution in [3.63, 3.8) is 0 Å². The first-order valence-electron chi connectivity index (χ1n) is 5.88. The molecule has 1 aromatic rings. The lowest BCUT2D eigenvalue weighted by atomic mass is 10.2. The van der Waals surface area contributed by atoms with E-state index in [4.69, 9.17) is 11.6 Å². The van der Waals surface area contributed by atoms with Crippen LogP contribution in [0.25, 0.3) is 0 Å². The van der Waals surface area contributed by atoms with Crippen LogP contribution in [0.1, 0.15) is 19.4 Å². The Kier molecular flexibility index (Phi) is 5.73. The van der Waals surface area contributed by atoms with E-state index in [1.807, 2.05) is 13.8 Å². The summed E-state index contributed by atoms with van der Waals surface area (Å²) >= 11 is 5.87. The fourth-order valence-corrected chi connectivity index (χ4v) is 2.66. The van der Waals surface area contributed by atoms with Crippen LogP contribution in [0.3, 0.4) is 0 Å². The van der Waals surface area contributed by atoms with Crippen molar-refractivity contribution >= 4 is 21.8 Å². The van der Waals surface area contributed by atoms with Gasteiger partial charge < -0.3 is 0 Å². The van der Waals surface area contributed by atoms with Gasteiger partial charge in [-0.25, -0.2) is 9.11 Å². The van der Waals surface area contributed by atoms with Crippen LogP contribution in [-0.4, -0.2) is 26.3 Å². The number of benzene rings is 1. The van der Waals surface area contributed by atoms with Crippen molar-refractivity contribution in [2.75, 3.05) is 13.6 Å². The maximum absolute atomic E-state index is 13.6. The average Bonchev–Trinajstić information content (AvgIpc) is 2.31. The Morgan fingerprint density at radius 1 is 1.42 bits per heavy atom. The molecule has 7 heteroatoms. The van der Waals surface area contributed by atoms with Crippen LogP contribution in [0.2, 0.25) is 5.02 Å². The van der Waals surface area contributed by atoms with Gasteiger partial charge in [-0.1, -0.05) is 31.5 Å². The second-order valence-electron chi connectivity index (χ2n) is 4.70. The van der Waals surface area contributed by atoms with E-state index in [2.05, 4.69) is 4.72 Å². The zero-order valence-electron chi connectivity index (χ0n) is 11.2. The summed E-state index contributed by atoms with van der Waals surface area (Å²) < 4.78 is 40.9. The van der Waals surface area contributed by atoms with Gasteiger partial charge >= 0.3 is 0 Å². The van der Waals surface area contributed by atoms with Crippen LogP contribution in [0.4, 0.5) is 4.39 Å². The molecule has 0 radical (unpaired) electrons. The lowest BCUT2D eigenvalue weighted by Gasteiger charge is -2.19. The normalized spacial score (nSPS) is 12.4. The van der Waals surface area contributed by atoms with E-state index in [1.54, 1.807) is 0 Å². The van der Waals surface area contributed by atoms with Crippen molar-refractivity contribution in [1.29, 1.82) is 0 Å². The molecule has 1 aromatic carbocycles. The number of halogens is 2. The first kappa shape index (κ1) is 16.4. The minimum Gasteiger partial charge on any atom is -0.207 e. The molecule has 0 fully saturated rings. The SMILES string of the molecule is CC(C)CNS(=O)(=O)N(C)Cc1c(F)cccc1Cl. The molecule has 0 bridgehead atoms. The van der Waals surface area contributed by atoms with Gasteiger partial charge in [0.15, 0.2) is 0 Å². The molecule has 0 aliphatic carbocycles. The van der Waals surface area contributed by atoms with Crippen molar-refractivity contribution in [3.05, 3.63) is 34.6 Å². The predicted octanol–water partition coefficient (Wildman–Crippen LogP) is 2.40. The summed E-state index contributed by atoms with van der Waals surface area (Å²) in [4.78, 5) is 0. The zero-order chi connectivity index (χ0) is 14.6. The van der Waals surface area contributed by atoms with E-state index >= 15 is 0 Å². The van der Waals surface area contributed by atoms with Gasteiger partial charge in [-0.15, -0.1) is 0 Å². The molecule has 108 valence electrons. The average molecular weight is 309 g/mol. The topological polar surface area (TPSA) is 49.4 Å². The van der Waals surface area contributed by atoms with E-state index in [0.717, 1.165) is 4.31 Å². The van der Waals surface area contributed by atoms with Crippen LogP contribution in [0.15, 0.2) is 18.2 Å². The molecule has 0 heterocycles. The molecule has 0 spiro atoms. The highest BCUT2D eigenvalue weighted by molar-refractivity contribution is 7.87. The third kappa shape index (κ3) is 4.72. The van der Waals surface area contributed by atoms with Gasteiger partial charge in [0.05, 0.1) is 0 Å². The lowest BCUT2D eigenvalue weighted by molar-refractivity contribution is 0.441. The molecular formula is C12H18ClFN2O2S. The van der Waals surface area contributed by atoms with Crippen LogP contribution >= 0.6 is 11.6 Å². The lowest BCUT2D eigenvalue weighted by Crippen LogP contribution is -2.39. The molecule has 0 saturated carbocycles. The standard InChI is InChI=1S/C12H18ClFN2O2S/c1-9(2)7-15-19(17,18)16(3)8-10-11(13)5-4-6-12(10)14/h4-6,9,15H,7-8H2,1-3H3.